The Labute approximate surface area is 113 Å². The molecule has 0 aromatic heterocycles. The molecule has 0 saturated carbocycles. The standard InChI is InChI=1S/C14H19N2O3/c1-13(2)14(3,4)16(19)12(15(13)18)11-7-5-10(9-17)6-8-11/h5-8,17H,9H2,1-4H3. The SMILES string of the molecule is CC1(C)N([O])C(c2ccc(CO)cc2)=[N+]([O-])C1(C)C. The van der Waals surface area contributed by atoms with E-state index in [1.807, 2.05) is 0 Å². The number of hydrogen-bond donors (Lipinski definition) is 1. The molecule has 0 atom stereocenters. The Bertz CT molecular complexity index is 518. The predicted octanol–water partition coefficient (Wildman–Crippen LogP) is 1.65. The second kappa shape index (κ2) is 4.21. The van der Waals surface area contributed by atoms with Crippen molar-refractivity contribution in [3.05, 3.63) is 40.6 Å². The molecular weight excluding hydrogens is 244 g/mol. The van der Waals surface area contributed by atoms with Crippen LogP contribution in [0.25, 0.3) is 0 Å². The van der Waals surface area contributed by atoms with Crippen LogP contribution in [0, 0.1) is 5.21 Å². The molecule has 1 aliphatic heterocycles. The third-order valence-corrected chi connectivity index (χ3v) is 4.29. The zero-order chi connectivity index (χ0) is 14.4. The first-order valence-electron chi connectivity index (χ1n) is 6.25. The van der Waals surface area contributed by atoms with Gasteiger partial charge < -0.3 is 10.3 Å². The molecule has 1 radical (unpaired) electrons. The van der Waals surface area contributed by atoms with E-state index in [-0.39, 0.29) is 12.4 Å². The summed E-state index contributed by atoms with van der Waals surface area (Å²) in [6, 6.07) is 6.80. The van der Waals surface area contributed by atoms with Crippen LogP contribution < -0.4 is 0 Å². The van der Waals surface area contributed by atoms with Crippen LogP contribution >= 0.6 is 0 Å². The fraction of sp³-hybridized carbons (Fsp3) is 0.500. The summed E-state index contributed by atoms with van der Waals surface area (Å²) in [5, 5.41) is 34.6. The molecule has 0 unspecified atom stereocenters. The summed E-state index contributed by atoms with van der Waals surface area (Å²) in [5.41, 5.74) is -0.295. The van der Waals surface area contributed by atoms with Crippen LogP contribution in [-0.2, 0) is 11.8 Å². The quantitative estimate of drug-likeness (QED) is 0.651. The highest BCUT2D eigenvalue weighted by atomic mass is 16.5. The van der Waals surface area contributed by atoms with Crippen LogP contribution in [0.1, 0.15) is 38.8 Å². The Kier molecular flexibility index (Phi) is 3.07. The third-order valence-electron chi connectivity index (χ3n) is 4.29. The lowest BCUT2D eigenvalue weighted by atomic mass is 9.84. The molecule has 0 bridgehead atoms. The van der Waals surface area contributed by atoms with E-state index in [2.05, 4.69) is 0 Å². The molecule has 0 fully saturated rings. The van der Waals surface area contributed by atoms with Gasteiger partial charge in [0, 0.05) is 5.21 Å². The summed E-state index contributed by atoms with van der Waals surface area (Å²) in [7, 11) is 0. The van der Waals surface area contributed by atoms with Crippen molar-refractivity contribution in [1.29, 1.82) is 0 Å². The number of benzene rings is 1. The minimum atomic E-state index is -0.806. The molecule has 0 aliphatic carbocycles. The molecule has 19 heavy (non-hydrogen) atoms. The lowest BCUT2D eigenvalue weighted by molar-refractivity contribution is -0.539. The number of hydroxylamine groups is 3. The monoisotopic (exact) mass is 263 g/mol. The minimum absolute atomic E-state index is 0.0607. The van der Waals surface area contributed by atoms with E-state index in [0.717, 1.165) is 15.4 Å². The van der Waals surface area contributed by atoms with Crippen LogP contribution in [0.4, 0.5) is 0 Å². The van der Waals surface area contributed by atoms with E-state index in [1.54, 1.807) is 52.0 Å². The zero-order valence-corrected chi connectivity index (χ0v) is 11.7. The Balaban J connectivity index is 2.52. The normalized spacial score (nSPS) is 21.1. The van der Waals surface area contributed by atoms with E-state index < -0.39 is 11.1 Å². The first-order valence-corrected chi connectivity index (χ1v) is 6.25. The van der Waals surface area contributed by atoms with E-state index in [4.69, 9.17) is 5.11 Å². The Morgan fingerprint density at radius 1 is 1.21 bits per heavy atom. The van der Waals surface area contributed by atoms with Crippen LogP contribution in [0.2, 0.25) is 0 Å². The average molecular weight is 263 g/mol. The largest absolute Gasteiger partial charge is 0.714 e. The molecule has 5 heteroatoms. The smallest absolute Gasteiger partial charge is 0.316 e. The molecule has 0 spiro atoms. The number of hydrogen-bond acceptors (Lipinski definition) is 3. The van der Waals surface area contributed by atoms with Crippen LogP contribution in [0.15, 0.2) is 24.3 Å². The third kappa shape index (κ3) is 1.81. The zero-order valence-electron chi connectivity index (χ0n) is 11.7. The highest BCUT2D eigenvalue weighted by molar-refractivity contribution is 5.96. The second-order valence-electron chi connectivity index (χ2n) is 5.89. The summed E-state index contributed by atoms with van der Waals surface area (Å²) >= 11 is 0. The van der Waals surface area contributed by atoms with Gasteiger partial charge in [0.05, 0.1) is 12.2 Å². The minimum Gasteiger partial charge on any atom is -0.714 e. The molecule has 0 saturated heterocycles. The topological polar surface area (TPSA) is 69.4 Å². The number of aliphatic hydroxyl groups is 1. The van der Waals surface area contributed by atoms with Gasteiger partial charge in [-0.05, 0) is 45.4 Å². The second-order valence-corrected chi connectivity index (χ2v) is 5.89. The number of amidine groups is 1. The lowest BCUT2D eigenvalue weighted by Gasteiger charge is -2.32. The number of aliphatic hydroxyl groups excluding tert-OH is 1. The molecule has 1 N–H and O–H groups in total. The van der Waals surface area contributed by atoms with E-state index >= 15 is 0 Å². The molecule has 1 heterocycles. The van der Waals surface area contributed by atoms with Crippen molar-refractivity contribution < 1.29 is 15.1 Å². The van der Waals surface area contributed by atoms with Crippen molar-refractivity contribution in [3.63, 3.8) is 0 Å². The fourth-order valence-electron chi connectivity index (χ4n) is 2.10. The molecule has 1 aromatic carbocycles. The van der Waals surface area contributed by atoms with Crippen molar-refractivity contribution in [3.8, 4) is 0 Å². The van der Waals surface area contributed by atoms with Crippen molar-refractivity contribution in [2.45, 2.75) is 45.4 Å². The van der Waals surface area contributed by atoms with Gasteiger partial charge in [0.1, 0.15) is 5.54 Å². The van der Waals surface area contributed by atoms with Gasteiger partial charge in [-0.2, -0.15) is 0 Å². The van der Waals surface area contributed by atoms with Gasteiger partial charge in [-0.1, -0.05) is 17.2 Å². The molecule has 5 nitrogen and oxygen atoms in total. The molecule has 1 aliphatic rings. The Hall–Kier alpha value is -1.59. The van der Waals surface area contributed by atoms with Crippen LogP contribution in [-0.4, -0.2) is 31.8 Å². The van der Waals surface area contributed by atoms with Crippen molar-refractivity contribution >= 4 is 5.84 Å². The average Bonchev–Trinajstić information content (AvgIpc) is 2.49. The fourth-order valence-corrected chi connectivity index (χ4v) is 2.10. The van der Waals surface area contributed by atoms with Gasteiger partial charge in [0.2, 0.25) is 0 Å². The highest BCUT2D eigenvalue weighted by Crippen LogP contribution is 2.37. The van der Waals surface area contributed by atoms with E-state index in [0.29, 0.717) is 5.56 Å². The maximum absolute atomic E-state index is 12.4. The summed E-state index contributed by atoms with van der Waals surface area (Å²) in [5.74, 6) is 0.125. The van der Waals surface area contributed by atoms with Crippen molar-refractivity contribution in [2.75, 3.05) is 0 Å². The van der Waals surface area contributed by atoms with E-state index in [9.17, 15) is 10.4 Å². The number of nitrogens with zero attached hydrogens (tertiary/aromatic N) is 2. The molecule has 1 aromatic rings. The van der Waals surface area contributed by atoms with E-state index in [1.165, 1.54) is 0 Å². The van der Waals surface area contributed by atoms with Gasteiger partial charge in [0.25, 0.3) is 0 Å². The van der Waals surface area contributed by atoms with Crippen molar-refractivity contribution in [1.82, 2.24) is 5.06 Å². The molecular formula is C14H19N2O3. The lowest BCUT2D eigenvalue weighted by Crippen LogP contribution is -2.53. The maximum Gasteiger partial charge on any atom is 0.316 e. The number of rotatable bonds is 2. The Morgan fingerprint density at radius 2 is 1.74 bits per heavy atom. The predicted molar refractivity (Wildman–Crippen MR) is 70.8 cm³/mol. The first kappa shape index (κ1) is 13.8. The van der Waals surface area contributed by atoms with Crippen molar-refractivity contribution in [2.24, 2.45) is 0 Å². The van der Waals surface area contributed by atoms with Gasteiger partial charge in [-0.3, -0.25) is 4.74 Å². The molecule has 2 rings (SSSR count). The van der Waals surface area contributed by atoms with Gasteiger partial charge in [-0.15, -0.1) is 0 Å². The van der Waals surface area contributed by atoms with Gasteiger partial charge in [-0.25, -0.2) is 0 Å². The summed E-state index contributed by atoms with van der Waals surface area (Å²) < 4.78 is 0.786. The Morgan fingerprint density at radius 3 is 2.11 bits per heavy atom. The summed E-state index contributed by atoms with van der Waals surface area (Å²) in [6.45, 7) is 6.99. The van der Waals surface area contributed by atoms with Crippen LogP contribution in [0.3, 0.4) is 0 Å². The molecule has 0 amide bonds. The summed E-state index contributed by atoms with van der Waals surface area (Å²) in [6.07, 6.45) is 0. The van der Waals surface area contributed by atoms with Crippen LogP contribution in [0.5, 0.6) is 0 Å². The molecule has 103 valence electrons. The first-order chi connectivity index (χ1) is 8.73. The van der Waals surface area contributed by atoms with Gasteiger partial charge in [0.15, 0.2) is 5.54 Å². The highest BCUT2D eigenvalue weighted by Gasteiger charge is 2.59. The summed E-state index contributed by atoms with van der Waals surface area (Å²) in [4.78, 5) is 0. The van der Waals surface area contributed by atoms with Gasteiger partial charge >= 0.3 is 5.84 Å². The maximum atomic E-state index is 12.4.